The Morgan fingerprint density at radius 3 is 2.58 bits per heavy atom. The molecule has 0 radical (unpaired) electrons. The zero-order valence-electron chi connectivity index (χ0n) is 21.3. The third kappa shape index (κ3) is 4.67. The van der Waals surface area contributed by atoms with Crippen molar-refractivity contribution in [3.63, 3.8) is 0 Å². The minimum absolute atomic E-state index is 0.0196. The molecule has 1 fully saturated rings. The molecule has 1 unspecified atom stereocenters. The fourth-order valence-corrected chi connectivity index (χ4v) is 5.57. The Hall–Kier alpha value is -4.04. The summed E-state index contributed by atoms with van der Waals surface area (Å²) < 4.78 is 20.2. The molecule has 0 bridgehead atoms. The summed E-state index contributed by atoms with van der Waals surface area (Å²) >= 11 is 1.12. The van der Waals surface area contributed by atoms with E-state index in [1.54, 1.807) is 30.3 Å². The standard InChI is InChI=1S/C30H27FN2O4S/c1-4-5-14-37-21-11-8-19(9-12-21)26-25(27(34)22-15-17(2)6-7-18(22)3)28(35)29(36)33(26)30-32-23-13-10-20(31)16-24(23)38-30/h6-13,15-16,26,34H,4-5,14H2,1-3H3/b27-25+. The van der Waals surface area contributed by atoms with Gasteiger partial charge in [0, 0.05) is 5.56 Å². The quantitative estimate of drug-likeness (QED) is 0.122. The molecule has 6 nitrogen and oxygen atoms in total. The number of amides is 1. The van der Waals surface area contributed by atoms with E-state index in [0.717, 1.165) is 35.3 Å². The van der Waals surface area contributed by atoms with Crippen LogP contribution in [0.1, 0.15) is 48.1 Å². The fraction of sp³-hybridized carbons (Fsp3) is 0.233. The molecule has 1 N–H and O–H groups in total. The van der Waals surface area contributed by atoms with E-state index in [4.69, 9.17) is 4.74 Å². The minimum atomic E-state index is -0.926. The van der Waals surface area contributed by atoms with E-state index in [2.05, 4.69) is 11.9 Å². The molecule has 194 valence electrons. The van der Waals surface area contributed by atoms with Gasteiger partial charge in [-0.2, -0.15) is 0 Å². The van der Waals surface area contributed by atoms with Crippen LogP contribution in [-0.2, 0) is 9.59 Å². The van der Waals surface area contributed by atoms with Gasteiger partial charge in [0.1, 0.15) is 17.3 Å². The van der Waals surface area contributed by atoms with E-state index in [0.29, 0.717) is 33.7 Å². The van der Waals surface area contributed by atoms with Crippen LogP contribution in [-0.4, -0.2) is 28.4 Å². The highest BCUT2D eigenvalue weighted by atomic mass is 32.1. The van der Waals surface area contributed by atoms with Crippen molar-refractivity contribution in [1.82, 2.24) is 4.98 Å². The summed E-state index contributed by atoms with van der Waals surface area (Å²) in [5, 5.41) is 11.7. The maximum atomic E-state index is 13.9. The third-order valence-electron chi connectivity index (χ3n) is 6.60. The summed E-state index contributed by atoms with van der Waals surface area (Å²) in [5.41, 5.74) is 3.27. The molecule has 3 aromatic carbocycles. The number of aliphatic hydroxyl groups is 1. The van der Waals surface area contributed by atoms with E-state index in [1.165, 1.54) is 23.1 Å². The zero-order valence-corrected chi connectivity index (χ0v) is 22.1. The molecular formula is C30H27FN2O4S. The smallest absolute Gasteiger partial charge is 0.301 e. The summed E-state index contributed by atoms with van der Waals surface area (Å²) in [4.78, 5) is 32.8. The van der Waals surface area contributed by atoms with Crippen LogP contribution in [0.15, 0.2) is 66.2 Å². The first-order valence-electron chi connectivity index (χ1n) is 12.5. The molecule has 0 spiro atoms. The van der Waals surface area contributed by atoms with Crippen LogP contribution in [0.2, 0.25) is 0 Å². The van der Waals surface area contributed by atoms with Gasteiger partial charge in [0.25, 0.3) is 5.78 Å². The number of carbonyl (C=O) groups is 2. The molecule has 1 atom stereocenters. The van der Waals surface area contributed by atoms with Crippen molar-refractivity contribution >= 4 is 44.1 Å². The number of anilines is 1. The van der Waals surface area contributed by atoms with Crippen LogP contribution in [0.5, 0.6) is 5.75 Å². The third-order valence-corrected chi connectivity index (χ3v) is 7.62. The number of unbranched alkanes of at least 4 members (excludes halogenated alkanes) is 1. The van der Waals surface area contributed by atoms with Gasteiger partial charge in [0.05, 0.1) is 28.4 Å². The topological polar surface area (TPSA) is 79.7 Å². The molecule has 1 aromatic heterocycles. The van der Waals surface area contributed by atoms with E-state index >= 15 is 0 Å². The normalized spacial score (nSPS) is 16.9. The number of nitrogens with zero attached hydrogens (tertiary/aromatic N) is 2. The Morgan fingerprint density at radius 2 is 1.84 bits per heavy atom. The van der Waals surface area contributed by atoms with E-state index in [9.17, 15) is 19.1 Å². The van der Waals surface area contributed by atoms with Gasteiger partial charge in [-0.15, -0.1) is 0 Å². The summed E-state index contributed by atoms with van der Waals surface area (Å²) in [6.45, 7) is 6.40. The molecule has 0 saturated carbocycles. The Morgan fingerprint density at radius 1 is 1.08 bits per heavy atom. The highest BCUT2D eigenvalue weighted by Crippen LogP contribution is 2.45. The second kappa shape index (κ2) is 10.4. The molecule has 5 rings (SSSR count). The monoisotopic (exact) mass is 530 g/mol. The van der Waals surface area contributed by atoms with Crippen molar-refractivity contribution in [2.45, 2.75) is 39.7 Å². The van der Waals surface area contributed by atoms with Crippen LogP contribution >= 0.6 is 11.3 Å². The lowest BCUT2D eigenvalue weighted by atomic mass is 9.93. The zero-order chi connectivity index (χ0) is 27.0. The van der Waals surface area contributed by atoms with Crippen molar-refractivity contribution < 1.29 is 23.8 Å². The first-order chi connectivity index (χ1) is 18.3. The van der Waals surface area contributed by atoms with Crippen molar-refractivity contribution in [1.29, 1.82) is 0 Å². The lowest BCUT2D eigenvalue weighted by Crippen LogP contribution is -2.29. The number of thiazole rings is 1. The van der Waals surface area contributed by atoms with Crippen LogP contribution in [0.4, 0.5) is 9.52 Å². The Balaban J connectivity index is 1.67. The summed E-state index contributed by atoms with van der Waals surface area (Å²) in [6.07, 6.45) is 1.94. The number of hydrogen-bond acceptors (Lipinski definition) is 6. The average Bonchev–Trinajstić information content (AvgIpc) is 3.43. The first-order valence-corrected chi connectivity index (χ1v) is 13.3. The van der Waals surface area contributed by atoms with Gasteiger partial charge >= 0.3 is 5.91 Å². The Labute approximate surface area is 224 Å². The van der Waals surface area contributed by atoms with Crippen molar-refractivity contribution in [2.75, 3.05) is 11.5 Å². The molecule has 4 aromatic rings. The maximum Gasteiger partial charge on any atom is 0.301 e. The van der Waals surface area contributed by atoms with Crippen LogP contribution < -0.4 is 9.64 Å². The molecule has 1 aliphatic heterocycles. The predicted molar refractivity (Wildman–Crippen MR) is 147 cm³/mol. The van der Waals surface area contributed by atoms with E-state index in [-0.39, 0.29) is 16.5 Å². The number of aliphatic hydroxyl groups excluding tert-OH is 1. The number of ketones is 1. The first kappa shape index (κ1) is 25.6. The molecule has 38 heavy (non-hydrogen) atoms. The highest BCUT2D eigenvalue weighted by molar-refractivity contribution is 7.22. The number of Topliss-reactive ketones (excluding diaryl/α,β-unsaturated/α-hetero) is 1. The van der Waals surface area contributed by atoms with Gasteiger partial charge in [-0.3, -0.25) is 14.5 Å². The lowest BCUT2D eigenvalue weighted by Gasteiger charge is -2.23. The molecule has 1 aliphatic rings. The SMILES string of the molecule is CCCCOc1ccc(C2/C(=C(\O)c3cc(C)ccc3C)C(=O)C(=O)N2c2nc3ccc(F)cc3s2)cc1. The van der Waals surface area contributed by atoms with Crippen molar-refractivity contribution in [2.24, 2.45) is 0 Å². The molecule has 0 aliphatic carbocycles. The van der Waals surface area contributed by atoms with E-state index < -0.39 is 23.5 Å². The van der Waals surface area contributed by atoms with Gasteiger partial charge in [0.15, 0.2) is 5.13 Å². The molecule has 1 amide bonds. The molecule has 2 heterocycles. The molecule has 8 heteroatoms. The highest BCUT2D eigenvalue weighted by Gasteiger charge is 2.48. The van der Waals surface area contributed by atoms with Crippen LogP contribution in [0.3, 0.4) is 0 Å². The lowest BCUT2D eigenvalue weighted by molar-refractivity contribution is -0.132. The molecule has 1 saturated heterocycles. The minimum Gasteiger partial charge on any atom is -0.507 e. The second-order valence-corrected chi connectivity index (χ2v) is 10.4. The molecular weight excluding hydrogens is 503 g/mol. The van der Waals surface area contributed by atoms with Crippen LogP contribution in [0.25, 0.3) is 16.0 Å². The Kier molecular flexibility index (Phi) is 6.99. The number of halogens is 1. The largest absolute Gasteiger partial charge is 0.507 e. The summed E-state index contributed by atoms with van der Waals surface area (Å²) in [7, 11) is 0. The fourth-order valence-electron chi connectivity index (χ4n) is 4.55. The van der Waals surface area contributed by atoms with Crippen molar-refractivity contribution in [3.05, 3.63) is 94.3 Å². The number of benzene rings is 3. The summed E-state index contributed by atoms with van der Waals surface area (Å²) in [6, 6.07) is 16.0. The maximum absolute atomic E-state index is 13.9. The predicted octanol–water partition coefficient (Wildman–Crippen LogP) is 6.86. The van der Waals surface area contributed by atoms with Gasteiger partial charge in [-0.05, 0) is 67.8 Å². The number of hydrogen-bond donors (Lipinski definition) is 1. The van der Waals surface area contributed by atoms with Crippen LogP contribution in [0, 0.1) is 19.7 Å². The number of fused-ring (bicyclic) bond motifs is 1. The van der Waals surface area contributed by atoms with Gasteiger partial charge in [-0.1, -0.05) is 54.5 Å². The van der Waals surface area contributed by atoms with Gasteiger partial charge in [0.2, 0.25) is 0 Å². The van der Waals surface area contributed by atoms with Gasteiger partial charge in [-0.25, -0.2) is 9.37 Å². The Bertz CT molecular complexity index is 1580. The number of ether oxygens (including phenoxy) is 1. The number of rotatable bonds is 7. The second-order valence-electron chi connectivity index (χ2n) is 9.37. The van der Waals surface area contributed by atoms with Gasteiger partial charge < -0.3 is 9.84 Å². The van der Waals surface area contributed by atoms with Crippen molar-refractivity contribution in [3.8, 4) is 5.75 Å². The number of carbonyl (C=O) groups excluding carboxylic acids is 2. The summed E-state index contributed by atoms with van der Waals surface area (Å²) in [5.74, 6) is -1.59. The van der Waals surface area contributed by atoms with E-state index in [1.807, 2.05) is 26.0 Å². The number of aryl methyl sites for hydroxylation is 2. The average molecular weight is 531 g/mol. The number of aromatic nitrogens is 1.